The van der Waals surface area contributed by atoms with Crippen LogP contribution in [0.5, 0.6) is 0 Å². The monoisotopic (exact) mass is 785 g/mol. The number of rotatable bonds is 4. The minimum absolute atomic E-state index is 0.472. The molecule has 0 saturated heterocycles. The van der Waals surface area contributed by atoms with Gasteiger partial charge in [0.1, 0.15) is 0 Å². The van der Waals surface area contributed by atoms with Gasteiger partial charge in [-0.2, -0.15) is 0 Å². The van der Waals surface area contributed by atoms with E-state index in [2.05, 4.69) is 0 Å². The molecule has 1 aliphatic carbocycles. The second-order valence-electron chi connectivity index (χ2n) is 13.8. The van der Waals surface area contributed by atoms with Crippen LogP contribution >= 0.6 is 0 Å². The minimum Gasteiger partial charge on any atom is -0.0622 e. The summed E-state index contributed by atoms with van der Waals surface area (Å²) < 4.78 is 355. The smallest absolute Gasteiger partial charge is 0.0622 e. The minimum atomic E-state index is -4.18. The number of benzene rings is 12. The van der Waals surface area contributed by atoms with Crippen molar-refractivity contribution in [2.75, 3.05) is 0 Å². The highest BCUT2D eigenvalue weighted by Gasteiger charge is 2.36. The van der Waals surface area contributed by atoms with Gasteiger partial charge in [0.2, 0.25) is 0 Å². The Hall–Kier alpha value is -7.28. The van der Waals surface area contributed by atoms with E-state index < -0.39 is 344 Å². The summed E-state index contributed by atoms with van der Waals surface area (Å²) in [7, 11) is 0. The van der Waals surface area contributed by atoms with Gasteiger partial charge in [0.15, 0.2) is 0 Å². The maximum atomic E-state index is 10.4. The summed E-state index contributed by atoms with van der Waals surface area (Å²) in [5, 5.41) is -7.22. The maximum absolute atomic E-state index is 10.4. The summed E-state index contributed by atoms with van der Waals surface area (Å²) >= 11 is 0. The second-order valence-corrected chi connectivity index (χ2v) is 13.8. The van der Waals surface area contributed by atoms with E-state index in [-0.39, 0.29) is 0 Å². The van der Waals surface area contributed by atoms with Gasteiger partial charge in [0, 0.05) is 13.6 Å². The molecule has 0 unspecified atom stereocenters. The molecule has 0 fully saturated rings. The standard InChI is InChI=1S/C59H38/c1-59(2)53-33-42(35-8-4-3-5-9-35)22-26-49(53)50-27-23-43(34-54(50)59)44-30-45(47-24-18-40-16-14-36-10-6-12-38-20-28-51(47)57(40)55(36)38)32-46(31-44)48-25-19-41-17-15-37-11-7-13-39-21-29-52(48)58(41)56(37)39/h3-34H,1-2H3/i1D3,2D3,3D,4D,5D,6D,7D,8D,9D,10D,11D,12D,13D,14D,15D,16D,17D,18D,19D,20D,21D,22D,23D,24D,25D,26D,27D,28D,29D,30D,31D,32D,33D,34D. The largest absolute Gasteiger partial charge is 0.0636 e. The first kappa shape index (κ1) is 12.9. The van der Waals surface area contributed by atoms with Crippen LogP contribution in [0.15, 0.2) is 193 Å². The van der Waals surface area contributed by atoms with Crippen molar-refractivity contribution in [1.82, 2.24) is 0 Å². The molecule has 13 rings (SSSR count). The van der Waals surface area contributed by atoms with Gasteiger partial charge in [0.25, 0.3) is 0 Å². The Kier molecular flexibility index (Phi) is 2.59. The lowest BCUT2D eigenvalue weighted by atomic mass is 9.80. The van der Waals surface area contributed by atoms with Gasteiger partial charge in [-0.3, -0.25) is 0 Å². The molecule has 0 amide bonds. The van der Waals surface area contributed by atoms with Crippen molar-refractivity contribution < 1.29 is 52.1 Å². The molecule has 0 radical (unpaired) electrons. The molecule has 0 nitrogen and oxygen atoms in total. The zero-order valence-electron chi connectivity index (χ0n) is 67.5. The third-order valence-electron chi connectivity index (χ3n) is 10.5. The third kappa shape index (κ3) is 4.66. The van der Waals surface area contributed by atoms with Crippen LogP contribution in [0.2, 0.25) is 0 Å². The third-order valence-corrected chi connectivity index (χ3v) is 10.5. The molecular weight excluding hydrogens is 709 g/mol. The van der Waals surface area contributed by atoms with Crippen LogP contribution in [0.25, 0.3) is 120 Å². The molecule has 0 heteroatoms. The second kappa shape index (κ2) is 11.9. The fourth-order valence-electron chi connectivity index (χ4n) is 7.84. The van der Waals surface area contributed by atoms with E-state index in [9.17, 15) is 34.3 Å². The van der Waals surface area contributed by atoms with E-state index in [0.717, 1.165) is 0 Å². The highest BCUT2D eigenvalue weighted by atomic mass is 14.4. The molecular formula is C59H38. The van der Waals surface area contributed by atoms with Crippen molar-refractivity contribution in [2.45, 2.75) is 19.1 Å². The maximum Gasteiger partial charge on any atom is 0.0636 e. The summed E-state index contributed by atoms with van der Waals surface area (Å²) in [6, 6.07) is -34.7. The molecule has 274 valence electrons. The van der Waals surface area contributed by atoms with Gasteiger partial charge in [-0.1, -0.05) is 177 Å². The first-order chi connectivity index (χ1) is 44.9. The Morgan fingerprint density at radius 1 is 0.305 bits per heavy atom. The lowest BCUT2D eigenvalue weighted by Gasteiger charge is -2.23. The molecule has 0 spiro atoms. The van der Waals surface area contributed by atoms with Crippen molar-refractivity contribution in [3.63, 3.8) is 0 Å². The molecule has 0 N–H and O–H groups in total. The highest BCUT2D eigenvalue weighted by Crippen LogP contribution is 2.51. The lowest BCUT2D eigenvalue weighted by Crippen LogP contribution is -2.15. The predicted octanol–water partition coefficient (Wildman–Crippen LogP) is 16.5. The average molecular weight is 785 g/mol. The van der Waals surface area contributed by atoms with E-state index in [4.69, 9.17) is 17.8 Å². The van der Waals surface area contributed by atoms with Crippen LogP contribution in [0.1, 0.15) is 76.9 Å². The zero-order valence-corrected chi connectivity index (χ0v) is 29.5. The molecule has 0 heterocycles. The number of hydrogen-bond donors (Lipinski definition) is 0. The lowest BCUT2D eigenvalue weighted by molar-refractivity contribution is 0.661. The molecule has 12 aromatic carbocycles. The van der Waals surface area contributed by atoms with Gasteiger partial charge in [-0.25, -0.2) is 0 Å². The van der Waals surface area contributed by atoms with E-state index in [1.54, 1.807) is 0 Å². The topological polar surface area (TPSA) is 0 Å². The number of hydrogen-bond acceptors (Lipinski definition) is 0. The van der Waals surface area contributed by atoms with Crippen LogP contribution in [-0.4, -0.2) is 0 Å². The Bertz CT molecular complexity index is 5480. The highest BCUT2D eigenvalue weighted by molar-refractivity contribution is 6.27. The number of fused-ring (bicyclic) bond motifs is 3. The Labute approximate surface area is 396 Å². The summed E-state index contributed by atoms with van der Waals surface area (Å²) in [6.07, 6.45) is 0. The molecule has 59 heavy (non-hydrogen) atoms. The molecule has 0 atom stereocenters. The Morgan fingerprint density at radius 2 is 0.712 bits per heavy atom. The van der Waals surface area contributed by atoms with E-state index in [1.807, 2.05) is 0 Å². The van der Waals surface area contributed by atoms with Crippen molar-refractivity contribution >= 4 is 64.6 Å². The fraction of sp³-hybridized carbons (Fsp3) is 0.0508. The SMILES string of the molecule is [2H]c1c([2H])c([2H])c(-c2c([2H])c([2H])c3c(c2[2H])C(C([2H])([2H])[2H])(C([2H])([2H])[2H])c2c([2H])c(-c4c([2H])c(-c5c([2H])c([2H])c6c([2H])c([2H])c7c([2H])c([2H])c([2H])c8c([2H])c([2H])c5c6c78)c([2H])c(-c5c([2H])c([2H])c6c([2H])c([2H])c7c([2H])c([2H])c([2H])c8c([2H])c([2H])c5c6c78)c4[2H])c([2H])c([2H])c2-3)c([2H])c1[2H]. The summed E-state index contributed by atoms with van der Waals surface area (Å²) in [6.45, 7) is -8.37. The summed E-state index contributed by atoms with van der Waals surface area (Å²) in [5.41, 5.74) is -17.8. The van der Waals surface area contributed by atoms with Crippen LogP contribution < -0.4 is 0 Å². The van der Waals surface area contributed by atoms with Gasteiger partial charge >= 0.3 is 0 Å². The van der Waals surface area contributed by atoms with Crippen molar-refractivity contribution in [2.24, 2.45) is 0 Å². The fourth-order valence-corrected chi connectivity index (χ4v) is 7.84. The van der Waals surface area contributed by atoms with Crippen LogP contribution in [0.4, 0.5) is 0 Å². The van der Waals surface area contributed by atoms with Gasteiger partial charge in [-0.15, -0.1) is 0 Å². The van der Waals surface area contributed by atoms with Crippen LogP contribution in [0.3, 0.4) is 0 Å². The van der Waals surface area contributed by atoms with Crippen LogP contribution in [0, 0.1) is 0 Å². The normalized spacial score (nSPS) is 22.9. The first-order valence-electron chi connectivity index (χ1n) is 36.8. The molecule has 12 aromatic rings. The Morgan fingerprint density at radius 3 is 1.20 bits per heavy atom. The molecule has 0 aliphatic heterocycles. The molecule has 1 aliphatic rings. The molecule has 0 bridgehead atoms. The summed E-state index contributed by atoms with van der Waals surface area (Å²) in [5.74, 6) is 0. The van der Waals surface area contributed by atoms with Gasteiger partial charge in [0.05, 0.1) is 43.9 Å². The molecule has 0 saturated carbocycles. The van der Waals surface area contributed by atoms with Crippen LogP contribution in [-0.2, 0) is 5.41 Å². The van der Waals surface area contributed by atoms with E-state index in [0.29, 0.717) is 0 Å². The van der Waals surface area contributed by atoms with Crippen molar-refractivity contribution in [3.8, 4) is 55.6 Å². The van der Waals surface area contributed by atoms with Crippen molar-refractivity contribution in [3.05, 3.63) is 204 Å². The molecule has 0 aromatic heterocycles. The quantitative estimate of drug-likeness (QED) is 0.156. The zero-order chi connectivity index (χ0) is 71.8. The van der Waals surface area contributed by atoms with E-state index >= 15 is 0 Å². The Balaban J connectivity index is 1.31. The predicted molar refractivity (Wildman–Crippen MR) is 253 cm³/mol. The summed E-state index contributed by atoms with van der Waals surface area (Å²) in [4.78, 5) is 0. The van der Waals surface area contributed by atoms with E-state index in [1.165, 1.54) is 0 Å². The van der Waals surface area contributed by atoms with Gasteiger partial charge < -0.3 is 0 Å². The average Bonchev–Trinajstić information content (AvgIpc) is 1.57. The van der Waals surface area contributed by atoms with Gasteiger partial charge in [-0.05, 0) is 162 Å². The van der Waals surface area contributed by atoms with Crippen molar-refractivity contribution in [1.29, 1.82) is 0 Å². The first-order valence-corrected chi connectivity index (χ1v) is 17.8.